The number of carbonyl (C=O) groups is 1. The SMILES string of the molecule is CC(=O)OCCCCn1c(-c2ccccc2)nc2ccccc21. The number of fused-ring (bicyclic) bond motifs is 1. The predicted octanol–water partition coefficient (Wildman–Crippen LogP) is 4.05. The van der Waals surface area contributed by atoms with Crippen molar-refractivity contribution < 1.29 is 9.53 Å². The average molecular weight is 308 g/mol. The van der Waals surface area contributed by atoms with Crippen LogP contribution in [0.2, 0.25) is 0 Å². The number of imidazole rings is 1. The van der Waals surface area contributed by atoms with Gasteiger partial charge in [0.2, 0.25) is 0 Å². The molecule has 0 aliphatic rings. The van der Waals surface area contributed by atoms with Gasteiger partial charge in [-0.2, -0.15) is 0 Å². The van der Waals surface area contributed by atoms with E-state index in [9.17, 15) is 4.79 Å². The molecule has 118 valence electrons. The number of para-hydroxylation sites is 2. The molecule has 3 rings (SSSR count). The van der Waals surface area contributed by atoms with E-state index in [4.69, 9.17) is 9.72 Å². The van der Waals surface area contributed by atoms with E-state index in [1.165, 1.54) is 6.92 Å². The summed E-state index contributed by atoms with van der Waals surface area (Å²) in [5, 5.41) is 0. The Morgan fingerprint density at radius 1 is 1.04 bits per heavy atom. The summed E-state index contributed by atoms with van der Waals surface area (Å²) in [5.41, 5.74) is 3.26. The van der Waals surface area contributed by atoms with E-state index in [1.807, 2.05) is 36.4 Å². The fourth-order valence-electron chi connectivity index (χ4n) is 2.70. The van der Waals surface area contributed by atoms with Crippen molar-refractivity contribution in [2.75, 3.05) is 6.61 Å². The van der Waals surface area contributed by atoms with Gasteiger partial charge in [-0.1, -0.05) is 42.5 Å². The van der Waals surface area contributed by atoms with Crippen molar-refractivity contribution in [1.29, 1.82) is 0 Å². The predicted molar refractivity (Wildman–Crippen MR) is 91.0 cm³/mol. The molecule has 0 atom stereocenters. The van der Waals surface area contributed by atoms with E-state index in [2.05, 4.69) is 22.8 Å². The van der Waals surface area contributed by atoms with Gasteiger partial charge < -0.3 is 9.30 Å². The summed E-state index contributed by atoms with van der Waals surface area (Å²) in [6, 6.07) is 18.4. The van der Waals surface area contributed by atoms with Crippen molar-refractivity contribution in [2.45, 2.75) is 26.3 Å². The highest BCUT2D eigenvalue weighted by Crippen LogP contribution is 2.25. The number of hydrogen-bond acceptors (Lipinski definition) is 3. The van der Waals surface area contributed by atoms with Gasteiger partial charge in [0.05, 0.1) is 17.6 Å². The number of unbranched alkanes of at least 4 members (excludes halogenated alkanes) is 1. The molecule has 0 radical (unpaired) electrons. The number of aryl methyl sites for hydroxylation is 1. The molecule has 1 heterocycles. The molecule has 4 heteroatoms. The van der Waals surface area contributed by atoms with E-state index < -0.39 is 0 Å². The number of carbonyl (C=O) groups excluding carboxylic acids is 1. The van der Waals surface area contributed by atoms with E-state index in [0.717, 1.165) is 41.8 Å². The van der Waals surface area contributed by atoms with Gasteiger partial charge in [0.1, 0.15) is 5.82 Å². The Hall–Kier alpha value is -2.62. The van der Waals surface area contributed by atoms with Crippen molar-refractivity contribution in [3.8, 4) is 11.4 Å². The minimum atomic E-state index is -0.219. The Morgan fingerprint density at radius 2 is 1.78 bits per heavy atom. The van der Waals surface area contributed by atoms with Crippen LogP contribution in [-0.4, -0.2) is 22.1 Å². The third-order valence-corrected chi connectivity index (χ3v) is 3.77. The second-order valence-electron chi connectivity index (χ2n) is 5.49. The van der Waals surface area contributed by atoms with E-state index >= 15 is 0 Å². The third kappa shape index (κ3) is 3.59. The van der Waals surface area contributed by atoms with Gasteiger partial charge in [-0.3, -0.25) is 4.79 Å². The second-order valence-corrected chi connectivity index (χ2v) is 5.49. The van der Waals surface area contributed by atoms with Gasteiger partial charge in [-0.15, -0.1) is 0 Å². The summed E-state index contributed by atoms with van der Waals surface area (Å²) in [6.07, 6.45) is 1.79. The molecule has 0 aliphatic heterocycles. The lowest BCUT2D eigenvalue weighted by molar-refractivity contribution is -0.141. The molecule has 0 aliphatic carbocycles. The average Bonchev–Trinajstić information content (AvgIpc) is 2.94. The highest BCUT2D eigenvalue weighted by Gasteiger charge is 2.11. The zero-order valence-electron chi connectivity index (χ0n) is 13.2. The standard InChI is InChI=1S/C19H20N2O2/c1-15(22)23-14-8-7-13-21-18-12-6-5-11-17(18)20-19(21)16-9-3-2-4-10-16/h2-6,9-12H,7-8,13-14H2,1H3. The molecule has 0 spiro atoms. The van der Waals surface area contributed by atoms with Crippen molar-refractivity contribution in [2.24, 2.45) is 0 Å². The Balaban J connectivity index is 1.83. The van der Waals surface area contributed by atoms with Crippen LogP contribution in [0.4, 0.5) is 0 Å². The number of nitrogens with zero attached hydrogens (tertiary/aromatic N) is 2. The first-order chi connectivity index (χ1) is 11.3. The monoisotopic (exact) mass is 308 g/mol. The summed E-state index contributed by atoms with van der Waals surface area (Å²) in [4.78, 5) is 15.6. The minimum Gasteiger partial charge on any atom is -0.466 e. The first-order valence-corrected chi connectivity index (χ1v) is 7.90. The van der Waals surface area contributed by atoms with Gasteiger partial charge in [-0.05, 0) is 25.0 Å². The van der Waals surface area contributed by atoms with Crippen LogP contribution in [0.25, 0.3) is 22.4 Å². The van der Waals surface area contributed by atoms with Crippen LogP contribution in [0.5, 0.6) is 0 Å². The van der Waals surface area contributed by atoms with Crippen molar-refractivity contribution in [3.63, 3.8) is 0 Å². The lowest BCUT2D eigenvalue weighted by Crippen LogP contribution is -2.04. The van der Waals surface area contributed by atoms with E-state index in [-0.39, 0.29) is 5.97 Å². The molecule has 0 saturated carbocycles. The number of rotatable bonds is 6. The van der Waals surface area contributed by atoms with Gasteiger partial charge in [0.25, 0.3) is 0 Å². The van der Waals surface area contributed by atoms with Crippen LogP contribution >= 0.6 is 0 Å². The van der Waals surface area contributed by atoms with Gasteiger partial charge in [0.15, 0.2) is 0 Å². The normalized spacial score (nSPS) is 10.8. The number of aromatic nitrogens is 2. The summed E-state index contributed by atoms with van der Waals surface area (Å²) in [6.45, 7) is 2.77. The molecular weight excluding hydrogens is 288 g/mol. The topological polar surface area (TPSA) is 44.1 Å². The van der Waals surface area contributed by atoms with Crippen molar-refractivity contribution in [3.05, 3.63) is 54.6 Å². The van der Waals surface area contributed by atoms with Crippen LogP contribution in [-0.2, 0) is 16.1 Å². The molecule has 0 bridgehead atoms. The third-order valence-electron chi connectivity index (χ3n) is 3.77. The Bertz CT molecular complexity index is 793. The minimum absolute atomic E-state index is 0.219. The highest BCUT2D eigenvalue weighted by atomic mass is 16.5. The number of ether oxygens (including phenoxy) is 1. The molecule has 0 saturated heterocycles. The maximum absolute atomic E-state index is 10.8. The molecule has 1 aromatic heterocycles. The summed E-state index contributed by atoms with van der Waals surface area (Å²) in [7, 11) is 0. The van der Waals surface area contributed by atoms with E-state index in [0.29, 0.717) is 6.61 Å². The largest absolute Gasteiger partial charge is 0.466 e. The van der Waals surface area contributed by atoms with Crippen LogP contribution in [0, 0.1) is 0 Å². The zero-order chi connectivity index (χ0) is 16.1. The Morgan fingerprint density at radius 3 is 2.57 bits per heavy atom. The highest BCUT2D eigenvalue weighted by molar-refractivity contribution is 5.80. The molecule has 2 aromatic carbocycles. The summed E-state index contributed by atoms with van der Waals surface area (Å²) >= 11 is 0. The smallest absolute Gasteiger partial charge is 0.302 e. The molecular formula is C19H20N2O2. The van der Waals surface area contributed by atoms with Gasteiger partial charge in [-0.25, -0.2) is 4.98 Å². The summed E-state index contributed by atoms with van der Waals surface area (Å²) in [5.74, 6) is 0.766. The fourth-order valence-corrected chi connectivity index (χ4v) is 2.70. The fraction of sp³-hybridized carbons (Fsp3) is 0.263. The lowest BCUT2D eigenvalue weighted by atomic mass is 10.2. The molecule has 3 aromatic rings. The van der Waals surface area contributed by atoms with E-state index in [1.54, 1.807) is 0 Å². The number of benzene rings is 2. The maximum Gasteiger partial charge on any atom is 0.302 e. The molecule has 0 fully saturated rings. The first-order valence-electron chi connectivity index (χ1n) is 7.90. The second kappa shape index (κ2) is 7.09. The number of esters is 1. The van der Waals surface area contributed by atoms with Crippen LogP contribution in [0.1, 0.15) is 19.8 Å². The van der Waals surface area contributed by atoms with Crippen molar-refractivity contribution in [1.82, 2.24) is 9.55 Å². The summed E-state index contributed by atoms with van der Waals surface area (Å²) < 4.78 is 7.25. The zero-order valence-corrected chi connectivity index (χ0v) is 13.2. The molecule has 0 amide bonds. The van der Waals surface area contributed by atoms with Crippen LogP contribution < -0.4 is 0 Å². The Kier molecular flexibility index (Phi) is 4.71. The maximum atomic E-state index is 10.8. The molecule has 4 nitrogen and oxygen atoms in total. The van der Waals surface area contributed by atoms with Gasteiger partial charge in [0, 0.05) is 19.0 Å². The molecule has 23 heavy (non-hydrogen) atoms. The molecule has 0 unspecified atom stereocenters. The molecule has 0 N–H and O–H groups in total. The van der Waals surface area contributed by atoms with Crippen LogP contribution in [0.3, 0.4) is 0 Å². The Labute approximate surface area is 135 Å². The van der Waals surface area contributed by atoms with Crippen LogP contribution in [0.15, 0.2) is 54.6 Å². The van der Waals surface area contributed by atoms with Crippen molar-refractivity contribution >= 4 is 17.0 Å². The number of hydrogen-bond donors (Lipinski definition) is 0. The quantitative estimate of drug-likeness (QED) is 0.510. The van der Waals surface area contributed by atoms with Gasteiger partial charge >= 0.3 is 5.97 Å². The lowest BCUT2D eigenvalue weighted by Gasteiger charge is -2.09. The first kappa shape index (κ1) is 15.3.